The Hall–Kier alpha value is -4.33. The molecule has 0 bridgehead atoms. The van der Waals surface area contributed by atoms with Gasteiger partial charge < -0.3 is 10.1 Å². The number of anilines is 2. The fraction of sp³-hybridized carbons (Fsp3) is 0.0870. The number of ether oxygens (including phenoxy) is 1. The lowest BCUT2D eigenvalue weighted by molar-refractivity contribution is 0.415. The van der Waals surface area contributed by atoms with Crippen LogP contribution in [0.1, 0.15) is 5.56 Å². The zero-order valence-electron chi connectivity index (χ0n) is 16.9. The number of methoxy groups -OCH3 is 1. The normalized spacial score (nSPS) is 11.0. The van der Waals surface area contributed by atoms with E-state index in [0.717, 1.165) is 27.8 Å². The highest BCUT2D eigenvalue weighted by Gasteiger charge is 2.16. The Morgan fingerprint density at radius 2 is 1.84 bits per heavy atom. The summed E-state index contributed by atoms with van der Waals surface area (Å²) in [6.45, 7) is 2.00. The van der Waals surface area contributed by atoms with Crippen molar-refractivity contribution in [2.75, 3.05) is 12.4 Å². The number of aryl methyl sites for hydroxylation is 1. The Morgan fingerprint density at radius 3 is 2.65 bits per heavy atom. The van der Waals surface area contributed by atoms with E-state index in [0.29, 0.717) is 23.1 Å². The first-order valence-corrected chi connectivity index (χ1v) is 9.66. The lowest BCUT2D eigenvalue weighted by atomic mass is 10.1. The third-order valence-corrected chi connectivity index (χ3v) is 4.91. The molecule has 1 N–H and O–H groups in total. The number of benzene rings is 2. The van der Waals surface area contributed by atoms with Gasteiger partial charge in [0.2, 0.25) is 5.95 Å². The number of nitrogens with zero attached hydrogens (tertiary/aromatic N) is 5. The predicted octanol–water partition coefficient (Wildman–Crippen LogP) is 3.76. The van der Waals surface area contributed by atoms with Crippen molar-refractivity contribution in [2.45, 2.75) is 6.92 Å². The average Bonchev–Trinajstić information content (AvgIpc) is 3.13. The minimum absolute atomic E-state index is 0.298. The summed E-state index contributed by atoms with van der Waals surface area (Å²) in [5.41, 5.74) is 3.21. The highest BCUT2D eigenvalue weighted by Crippen LogP contribution is 2.26. The van der Waals surface area contributed by atoms with Crippen LogP contribution in [0.5, 0.6) is 5.75 Å². The van der Waals surface area contributed by atoms with Crippen molar-refractivity contribution >= 4 is 28.2 Å². The van der Waals surface area contributed by atoms with Crippen LogP contribution in [0.15, 0.2) is 71.7 Å². The summed E-state index contributed by atoms with van der Waals surface area (Å²) in [6, 6.07) is 18.6. The molecule has 5 rings (SSSR count). The first kappa shape index (κ1) is 18.7. The van der Waals surface area contributed by atoms with Crippen LogP contribution >= 0.6 is 0 Å². The molecule has 0 aliphatic heterocycles. The minimum Gasteiger partial charge on any atom is -0.497 e. The fourth-order valence-electron chi connectivity index (χ4n) is 3.33. The Labute approximate surface area is 177 Å². The molecule has 31 heavy (non-hydrogen) atoms. The van der Waals surface area contributed by atoms with Gasteiger partial charge in [-0.05, 0) is 61.0 Å². The van der Waals surface area contributed by atoms with Crippen molar-refractivity contribution in [3.8, 4) is 17.1 Å². The van der Waals surface area contributed by atoms with Gasteiger partial charge in [-0.2, -0.15) is 4.52 Å². The Kier molecular flexibility index (Phi) is 4.51. The molecule has 0 radical (unpaired) electrons. The molecule has 0 amide bonds. The van der Waals surface area contributed by atoms with Gasteiger partial charge in [-0.3, -0.25) is 4.79 Å². The number of hydrogen-bond donors (Lipinski definition) is 1. The molecule has 0 atom stereocenters. The molecule has 3 heterocycles. The molecular weight excluding hydrogens is 392 g/mol. The highest BCUT2D eigenvalue weighted by atomic mass is 16.5. The summed E-state index contributed by atoms with van der Waals surface area (Å²) < 4.78 is 6.85. The molecule has 0 spiro atoms. The lowest BCUT2D eigenvalue weighted by Gasteiger charge is -2.08. The van der Waals surface area contributed by atoms with Gasteiger partial charge in [0, 0.05) is 17.1 Å². The van der Waals surface area contributed by atoms with Crippen LogP contribution in [0.25, 0.3) is 27.9 Å². The monoisotopic (exact) mass is 410 g/mol. The van der Waals surface area contributed by atoms with E-state index in [2.05, 4.69) is 15.4 Å². The molecule has 8 nitrogen and oxygen atoms in total. The van der Waals surface area contributed by atoms with Crippen LogP contribution in [0, 0.1) is 6.92 Å². The fourth-order valence-corrected chi connectivity index (χ4v) is 3.33. The lowest BCUT2D eigenvalue weighted by Crippen LogP contribution is -2.11. The third-order valence-electron chi connectivity index (χ3n) is 4.91. The van der Waals surface area contributed by atoms with Gasteiger partial charge in [0.15, 0.2) is 11.5 Å². The number of rotatable bonds is 4. The van der Waals surface area contributed by atoms with Gasteiger partial charge in [-0.25, -0.2) is 15.0 Å². The van der Waals surface area contributed by atoms with Gasteiger partial charge >= 0.3 is 0 Å². The van der Waals surface area contributed by atoms with Crippen LogP contribution in [-0.4, -0.2) is 31.7 Å². The van der Waals surface area contributed by atoms with Gasteiger partial charge in [-0.1, -0.05) is 12.1 Å². The van der Waals surface area contributed by atoms with Crippen molar-refractivity contribution in [3.63, 3.8) is 0 Å². The smallest absolute Gasteiger partial charge is 0.293 e. The van der Waals surface area contributed by atoms with Crippen LogP contribution in [0.2, 0.25) is 0 Å². The van der Waals surface area contributed by atoms with E-state index in [1.54, 1.807) is 29.8 Å². The summed E-state index contributed by atoms with van der Waals surface area (Å²) in [5.74, 6) is 1.68. The SMILES string of the molecule is COc1ccc(-c2nc3c4ccc(C)cc4nc(Nc4ccccnc4=O)n3n2)cc1. The zero-order valence-corrected chi connectivity index (χ0v) is 16.9. The van der Waals surface area contributed by atoms with Gasteiger partial charge in [0.25, 0.3) is 5.56 Å². The highest BCUT2D eigenvalue weighted by molar-refractivity contribution is 5.93. The van der Waals surface area contributed by atoms with E-state index in [-0.39, 0.29) is 5.56 Å². The number of aromatic nitrogens is 5. The van der Waals surface area contributed by atoms with E-state index < -0.39 is 0 Å². The Morgan fingerprint density at radius 1 is 1.00 bits per heavy atom. The maximum atomic E-state index is 12.3. The first-order chi connectivity index (χ1) is 15.1. The summed E-state index contributed by atoms with van der Waals surface area (Å²) in [5, 5.41) is 8.62. The van der Waals surface area contributed by atoms with E-state index >= 15 is 0 Å². The van der Waals surface area contributed by atoms with Crippen LogP contribution in [0.4, 0.5) is 11.6 Å². The summed E-state index contributed by atoms with van der Waals surface area (Å²) in [7, 11) is 1.62. The molecular formula is C23H18N6O2. The molecule has 0 fully saturated rings. The Bertz CT molecular complexity index is 1480. The second-order valence-corrected chi connectivity index (χ2v) is 7.03. The van der Waals surface area contributed by atoms with E-state index in [4.69, 9.17) is 14.7 Å². The maximum Gasteiger partial charge on any atom is 0.293 e. The average molecular weight is 410 g/mol. The third kappa shape index (κ3) is 3.44. The van der Waals surface area contributed by atoms with E-state index in [1.165, 1.54) is 6.20 Å². The molecule has 0 saturated heterocycles. The molecule has 3 aromatic heterocycles. The van der Waals surface area contributed by atoms with Gasteiger partial charge in [-0.15, -0.1) is 5.10 Å². The number of nitrogens with one attached hydrogen (secondary N) is 1. The molecule has 0 unspecified atom stereocenters. The molecule has 152 valence electrons. The second kappa shape index (κ2) is 7.49. The largest absolute Gasteiger partial charge is 0.497 e. The van der Waals surface area contributed by atoms with Crippen molar-refractivity contribution in [2.24, 2.45) is 0 Å². The van der Waals surface area contributed by atoms with Crippen molar-refractivity contribution in [3.05, 3.63) is 82.8 Å². The van der Waals surface area contributed by atoms with Crippen LogP contribution < -0.4 is 15.6 Å². The molecule has 0 aliphatic rings. The van der Waals surface area contributed by atoms with Crippen molar-refractivity contribution in [1.82, 2.24) is 24.6 Å². The van der Waals surface area contributed by atoms with Gasteiger partial charge in [0.1, 0.15) is 11.4 Å². The van der Waals surface area contributed by atoms with Crippen molar-refractivity contribution in [1.29, 1.82) is 0 Å². The Balaban J connectivity index is 1.73. The topological polar surface area (TPSA) is 94.3 Å². The molecule has 0 saturated carbocycles. The zero-order chi connectivity index (χ0) is 21.4. The summed E-state index contributed by atoms with van der Waals surface area (Å²) in [4.78, 5) is 25.7. The molecule has 8 heteroatoms. The quantitative estimate of drug-likeness (QED) is 0.482. The van der Waals surface area contributed by atoms with E-state index in [1.807, 2.05) is 49.4 Å². The molecule has 5 aromatic rings. The summed E-state index contributed by atoms with van der Waals surface area (Å²) in [6.07, 6.45) is 1.46. The maximum absolute atomic E-state index is 12.3. The minimum atomic E-state index is -0.389. The predicted molar refractivity (Wildman–Crippen MR) is 119 cm³/mol. The standard InChI is InChI=1S/C23H18N6O2/c1-14-6-11-17-19(13-14)26-23(25-18-5-3-4-12-24-22(18)30)29-21(17)27-20(28-29)15-7-9-16(31-2)10-8-15/h3-13H,1-2H3,(H,24,25,26,30). The van der Waals surface area contributed by atoms with Crippen molar-refractivity contribution < 1.29 is 4.74 Å². The number of fused-ring (bicyclic) bond motifs is 3. The van der Waals surface area contributed by atoms with Crippen LogP contribution in [0.3, 0.4) is 0 Å². The molecule has 2 aromatic carbocycles. The van der Waals surface area contributed by atoms with Gasteiger partial charge in [0.05, 0.1) is 12.6 Å². The van der Waals surface area contributed by atoms with Crippen LogP contribution in [-0.2, 0) is 0 Å². The van der Waals surface area contributed by atoms with E-state index in [9.17, 15) is 4.79 Å². The first-order valence-electron chi connectivity index (χ1n) is 9.66. The second-order valence-electron chi connectivity index (χ2n) is 7.03. The number of hydrogen-bond acceptors (Lipinski definition) is 7. The summed E-state index contributed by atoms with van der Waals surface area (Å²) >= 11 is 0. The molecule has 0 aliphatic carbocycles.